The molecule has 0 unspecified atom stereocenters. The van der Waals surface area contributed by atoms with Crippen molar-refractivity contribution in [3.8, 4) is 0 Å². The van der Waals surface area contributed by atoms with Crippen LogP contribution in [0.2, 0.25) is 12.1 Å². The Kier molecular flexibility index (Phi) is 13.1. The molecule has 1 fully saturated rings. The van der Waals surface area contributed by atoms with E-state index >= 15 is 0 Å². The third-order valence-corrected chi connectivity index (χ3v) is 14.4. The fourth-order valence-corrected chi connectivity index (χ4v) is 11.9. The van der Waals surface area contributed by atoms with Crippen molar-refractivity contribution in [1.82, 2.24) is 0 Å². The van der Waals surface area contributed by atoms with E-state index in [4.69, 9.17) is 0 Å². The van der Waals surface area contributed by atoms with Crippen LogP contribution in [0.25, 0.3) is 0 Å². The van der Waals surface area contributed by atoms with Gasteiger partial charge in [0.15, 0.2) is 0 Å². The fraction of sp³-hybridized carbons (Fsp3) is 0.486. The smallest absolute Gasteiger partial charge is 0.118 e. The highest BCUT2D eigenvalue weighted by atomic mass is 79.9. The molecule has 1 heterocycles. The molecule has 218 valence electrons. The molecular weight excluding hydrogens is 570 g/mol. The molecule has 1 aliphatic heterocycles. The predicted molar refractivity (Wildman–Crippen MR) is 186 cm³/mol. The van der Waals surface area contributed by atoms with Gasteiger partial charge < -0.3 is 14.7 Å². The van der Waals surface area contributed by atoms with Crippen LogP contribution in [0.3, 0.4) is 0 Å². The Morgan fingerprint density at radius 2 is 0.900 bits per heavy atom. The van der Waals surface area contributed by atoms with E-state index in [1.54, 1.807) is 10.4 Å². The lowest BCUT2D eigenvalue weighted by Crippen LogP contribution is -2.59. The van der Waals surface area contributed by atoms with Gasteiger partial charge in [0, 0.05) is 60.8 Å². The lowest BCUT2D eigenvalue weighted by molar-refractivity contribution is 0.720. The molecule has 5 heteroatoms. The summed E-state index contributed by atoms with van der Waals surface area (Å²) in [6.45, 7) is 19.8. The zero-order valence-electron chi connectivity index (χ0n) is 25.9. The van der Waals surface area contributed by atoms with E-state index < -0.39 is 8.07 Å². The molecule has 0 saturated carbocycles. The molecule has 0 spiro atoms. The summed E-state index contributed by atoms with van der Waals surface area (Å²) < 4.78 is 1.15. The first-order valence-electron chi connectivity index (χ1n) is 15.7. The summed E-state index contributed by atoms with van der Waals surface area (Å²) in [7, 11) is -1.69. The van der Waals surface area contributed by atoms with Crippen molar-refractivity contribution in [3.63, 3.8) is 0 Å². The zero-order chi connectivity index (χ0) is 29.0. The number of benzene rings is 3. The van der Waals surface area contributed by atoms with E-state index in [2.05, 4.69) is 139 Å². The summed E-state index contributed by atoms with van der Waals surface area (Å²) in [4.78, 5) is 7.30. The van der Waals surface area contributed by atoms with Gasteiger partial charge in [-0.05, 0) is 96.1 Å². The molecule has 3 aromatic rings. The monoisotopic (exact) mass is 621 g/mol. The minimum absolute atomic E-state index is 1.06. The Morgan fingerprint density at radius 3 is 1.27 bits per heavy atom. The molecule has 3 aromatic carbocycles. The number of halogens is 1. The van der Waals surface area contributed by atoms with Crippen molar-refractivity contribution < 1.29 is 0 Å². The minimum atomic E-state index is -1.69. The Balaban J connectivity index is 0.000000307. The zero-order valence-corrected chi connectivity index (χ0v) is 28.5. The van der Waals surface area contributed by atoms with Gasteiger partial charge in [0.05, 0.1) is 0 Å². The van der Waals surface area contributed by atoms with Gasteiger partial charge in [-0.1, -0.05) is 75.9 Å². The molecule has 0 aromatic heterocycles. The van der Waals surface area contributed by atoms with Crippen molar-refractivity contribution in [2.45, 2.75) is 72.9 Å². The van der Waals surface area contributed by atoms with Crippen LogP contribution in [0.5, 0.6) is 0 Å². The molecule has 0 bridgehead atoms. The first kappa shape index (κ1) is 32.3. The van der Waals surface area contributed by atoms with Gasteiger partial charge in [0.25, 0.3) is 0 Å². The van der Waals surface area contributed by atoms with Crippen LogP contribution >= 0.6 is 15.9 Å². The summed E-state index contributed by atoms with van der Waals surface area (Å²) in [5.74, 6) is 0. The molecule has 40 heavy (non-hydrogen) atoms. The standard InChI is InChI=1S/C25H38N2Si.C10H14BrN/c1-5-26(6-2)22-14-12-16-24(20-22)28(18-10-9-11-19-28)25-17-13-15-23(21-25)27(7-3)8-4;1-3-12(4-2)10-7-5-6-9(11)8-10/h12-17,20-21H,5-11,18-19H2,1-4H3;5-8H,3-4H2,1-2H3. The van der Waals surface area contributed by atoms with Gasteiger partial charge in [-0.3, -0.25) is 0 Å². The van der Waals surface area contributed by atoms with Crippen LogP contribution in [-0.2, 0) is 0 Å². The number of hydrogen-bond acceptors (Lipinski definition) is 3. The number of nitrogens with zero attached hydrogens (tertiary/aromatic N) is 3. The fourth-order valence-electron chi connectivity index (χ4n) is 6.34. The van der Waals surface area contributed by atoms with Crippen molar-refractivity contribution in [3.05, 3.63) is 77.3 Å². The van der Waals surface area contributed by atoms with Gasteiger partial charge in [-0.15, -0.1) is 0 Å². The Labute approximate surface area is 254 Å². The van der Waals surface area contributed by atoms with E-state index in [1.807, 2.05) is 6.07 Å². The third kappa shape index (κ3) is 7.94. The van der Waals surface area contributed by atoms with Gasteiger partial charge in [-0.25, -0.2) is 0 Å². The molecule has 0 aliphatic carbocycles. The van der Waals surface area contributed by atoms with Crippen LogP contribution in [0.4, 0.5) is 17.1 Å². The first-order valence-corrected chi connectivity index (χ1v) is 18.9. The van der Waals surface area contributed by atoms with Gasteiger partial charge in [-0.2, -0.15) is 0 Å². The van der Waals surface area contributed by atoms with E-state index in [9.17, 15) is 0 Å². The quantitative estimate of drug-likeness (QED) is 0.199. The van der Waals surface area contributed by atoms with Gasteiger partial charge in [0.1, 0.15) is 8.07 Å². The molecule has 0 amide bonds. The number of anilines is 3. The highest BCUT2D eigenvalue weighted by Gasteiger charge is 2.38. The molecule has 0 N–H and O–H groups in total. The largest absolute Gasteiger partial charge is 0.372 e. The maximum atomic E-state index is 3.46. The second-order valence-electron chi connectivity index (χ2n) is 10.7. The van der Waals surface area contributed by atoms with E-state index in [1.165, 1.54) is 48.4 Å². The Morgan fingerprint density at radius 1 is 0.525 bits per heavy atom. The Hall–Kier alpha value is -2.24. The molecular formula is C35H52BrN3Si. The summed E-state index contributed by atoms with van der Waals surface area (Å²) >= 11 is 3.46. The van der Waals surface area contributed by atoms with E-state index in [0.29, 0.717) is 0 Å². The summed E-state index contributed by atoms with van der Waals surface area (Å²) in [5.41, 5.74) is 4.09. The van der Waals surface area contributed by atoms with Crippen molar-refractivity contribution >= 4 is 51.4 Å². The van der Waals surface area contributed by atoms with Crippen molar-refractivity contribution in [1.29, 1.82) is 0 Å². The van der Waals surface area contributed by atoms with Crippen LogP contribution in [0, 0.1) is 0 Å². The van der Waals surface area contributed by atoms with Gasteiger partial charge >= 0.3 is 0 Å². The maximum absolute atomic E-state index is 3.46. The number of rotatable bonds is 11. The SMILES string of the molecule is CCN(CC)c1cccc(Br)c1.CCN(CC)c1cccc([Si]2(c3cccc(N(CC)CC)c3)CCCCC2)c1. The molecule has 0 radical (unpaired) electrons. The summed E-state index contributed by atoms with van der Waals surface area (Å²) in [5, 5.41) is 3.29. The second-order valence-corrected chi connectivity index (χ2v) is 16.0. The highest BCUT2D eigenvalue weighted by Crippen LogP contribution is 2.30. The Bertz CT molecular complexity index is 1090. The van der Waals surface area contributed by atoms with E-state index in [0.717, 1.165) is 43.7 Å². The normalized spacial score (nSPS) is 14.2. The molecule has 1 saturated heterocycles. The minimum Gasteiger partial charge on any atom is -0.372 e. The van der Waals surface area contributed by atoms with Crippen LogP contribution in [0.15, 0.2) is 77.3 Å². The molecule has 4 rings (SSSR count). The summed E-state index contributed by atoms with van der Waals surface area (Å²) in [6.07, 6.45) is 4.18. The third-order valence-electron chi connectivity index (χ3n) is 8.70. The average molecular weight is 623 g/mol. The van der Waals surface area contributed by atoms with Crippen molar-refractivity contribution in [2.24, 2.45) is 0 Å². The van der Waals surface area contributed by atoms with E-state index in [-0.39, 0.29) is 0 Å². The summed E-state index contributed by atoms with van der Waals surface area (Å²) in [6, 6.07) is 30.4. The van der Waals surface area contributed by atoms with Crippen LogP contribution in [-0.4, -0.2) is 47.3 Å². The van der Waals surface area contributed by atoms with Crippen molar-refractivity contribution in [2.75, 3.05) is 54.0 Å². The van der Waals surface area contributed by atoms with Crippen LogP contribution in [0.1, 0.15) is 60.8 Å². The topological polar surface area (TPSA) is 9.72 Å². The van der Waals surface area contributed by atoms with Crippen LogP contribution < -0.4 is 25.1 Å². The lowest BCUT2D eigenvalue weighted by Gasteiger charge is -2.38. The maximum Gasteiger partial charge on any atom is 0.118 e. The molecule has 1 aliphatic rings. The lowest BCUT2D eigenvalue weighted by atomic mass is 10.2. The predicted octanol–water partition coefficient (Wildman–Crippen LogP) is 8.42. The molecule has 3 nitrogen and oxygen atoms in total. The number of hydrogen-bond donors (Lipinski definition) is 0. The van der Waals surface area contributed by atoms with Gasteiger partial charge in [0.2, 0.25) is 0 Å². The second kappa shape index (κ2) is 16.3. The average Bonchev–Trinajstić information content (AvgIpc) is 3.00. The highest BCUT2D eigenvalue weighted by molar-refractivity contribution is 9.10. The first-order chi connectivity index (χ1) is 19.5. The molecule has 0 atom stereocenters.